The van der Waals surface area contributed by atoms with Gasteiger partial charge in [0.05, 0.1) is 5.69 Å². The summed E-state index contributed by atoms with van der Waals surface area (Å²) in [6.07, 6.45) is 2.38. The Morgan fingerprint density at radius 2 is 1.83 bits per heavy atom. The van der Waals surface area contributed by atoms with Crippen molar-refractivity contribution >= 4 is 23.2 Å². The molecule has 1 amide bonds. The lowest BCUT2D eigenvalue weighted by molar-refractivity contribution is 0.0739. The van der Waals surface area contributed by atoms with Gasteiger partial charge in [-0.25, -0.2) is 0 Å². The first-order valence-corrected chi connectivity index (χ1v) is 8.72. The van der Waals surface area contributed by atoms with Crippen LogP contribution in [0.1, 0.15) is 34.9 Å². The van der Waals surface area contributed by atoms with E-state index in [4.69, 9.17) is 11.6 Å². The third-order valence-electron chi connectivity index (χ3n) is 4.64. The molecule has 1 aromatic heterocycles. The maximum atomic E-state index is 12.6. The SMILES string of the molecule is O=C(c1ccc(C2CC2)nn1)N1CCN(c2cccc(Cl)c2)CC1. The molecule has 6 heteroatoms. The Kier molecular flexibility index (Phi) is 4.10. The van der Waals surface area contributed by atoms with E-state index in [1.807, 2.05) is 41.3 Å². The molecule has 124 valence electrons. The maximum absolute atomic E-state index is 12.6. The van der Waals surface area contributed by atoms with Gasteiger partial charge in [-0.1, -0.05) is 17.7 Å². The highest BCUT2D eigenvalue weighted by atomic mass is 35.5. The molecule has 0 spiro atoms. The predicted octanol–water partition coefficient (Wildman–Crippen LogP) is 2.97. The highest BCUT2D eigenvalue weighted by Gasteiger charge is 2.27. The summed E-state index contributed by atoms with van der Waals surface area (Å²) < 4.78 is 0. The monoisotopic (exact) mass is 342 g/mol. The number of piperazine rings is 1. The Hall–Kier alpha value is -2.14. The van der Waals surface area contributed by atoms with Gasteiger partial charge in [0.15, 0.2) is 5.69 Å². The first-order valence-electron chi connectivity index (χ1n) is 8.34. The summed E-state index contributed by atoms with van der Waals surface area (Å²) in [7, 11) is 0. The van der Waals surface area contributed by atoms with Gasteiger partial charge in [0, 0.05) is 42.8 Å². The van der Waals surface area contributed by atoms with Crippen molar-refractivity contribution in [1.29, 1.82) is 0 Å². The highest BCUT2D eigenvalue weighted by molar-refractivity contribution is 6.30. The minimum atomic E-state index is -0.0319. The van der Waals surface area contributed by atoms with E-state index in [-0.39, 0.29) is 5.91 Å². The number of carbonyl (C=O) groups is 1. The highest BCUT2D eigenvalue weighted by Crippen LogP contribution is 2.38. The van der Waals surface area contributed by atoms with Crippen LogP contribution in [-0.4, -0.2) is 47.2 Å². The molecule has 0 radical (unpaired) electrons. The smallest absolute Gasteiger partial charge is 0.274 e. The number of benzene rings is 1. The van der Waals surface area contributed by atoms with Gasteiger partial charge in [-0.15, -0.1) is 5.10 Å². The van der Waals surface area contributed by atoms with Crippen LogP contribution in [0.2, 0.25) is 5.02 Å². The van der Waals surface area contributed by atoms with Crippen LogP contribution in [0.5, 0.6) is 0 Å². The van der Waals surface area contributed by atoms with Crippen LogP contribution < -0.4 is 4.90 Å². The fourth-order valence-electron chi connectivity index (χ4n) is 3.06. The second-order valence-electron chi connectivity index (χ2n) is 6.38. The molecule has 1 saturated carbocycles. The van der Waals surface area contributed by atoms with Crippen molar-refractivity contribution in [1.82, 2.24) is 15.1 Å². The first kappa shape index (κ1) is 15.4. The van der Waals surface area contributed by atoms with Crippen molar-refractivity contribution in [2.45, 2.75) is 18.8 Å². The second kappa shape index (κ2) is 6.40. The fourth-order valence-corrected chi connectivity index (χ4v) is 3.24. The molecule has 4 rings (SSSR count). The quantitative estimate of drug-likeness (QED) is 0.860. The Balaban J connectivity index is 1.38. The Morgan fingerprint density at radius 1 is 1.04 bits per heavy atom. The molecule has 1 aliphatic heterocycles. The standard InChI is InChI=1S/C18H19ClN4O/c19-14-2-1-3-15(12-14)22-8-10-23(11-9-22)18(24)17-7-6-16(20-21-17)13-4-5-13/h1-3,6-7,12-13H,4-5,8-11H2. The van der Waals surface area contributed by atoms with Gasteiger partial charge in [0.1, 0.15) is 0 Å². The van der Waals surface area contributed by atoms with Gasteiger partial charge in [-0.2, -0.15) is 5.10 Å². The zero-order valence-electron chi connectivity index (χ0n) is 13.4. The Morgan fingerprint density at radius 3 is 2.46 bits per heavy atom. The van der Waals surface area contributed by atoms with Crippen molar-refractivity contribution in [3.63, 3.8) is 0 Å². The first-order chi connectivity index (χ1) is 11.7. The molecule has 2 aromatic rings. The summed E-state index contributed by atoms with van der Waals surface area (Å²) in [4.78, 5) is 16.7. The van der Waals surface area contributed by atoms with E-state index in [0.717, 1.165) is 29.5 Å². The molecular weight excluding hydrogens is 324 g/mol. The molecule has 0 bridgehead atoms. The number of amides is 1. The molecule has 2 aliphatic rings. The number of hydrogen-bond acceptors (Lipinski definition) is 4. The van der Waals surface area contributed by atoms with E-state index < -0.39 is 0 Å². The molecule has 24 heavy (non-hydrogen) atoms. The molecule has 0 atom stereocenters. The van der Waals surface area contributed by atoms with Crippen molar-refractivity contribution in [3.05, 3.63) is 52.8 Å². The molecule has 2 fully saturated rings. The number of carbonyl (C=O) groups excluding carboxylic acids is 1. The third kappa shape index (κ3) is 3.22. The summed E-state index contributed by atoms with van der Waals surface area (Å²) in [5, 5.41) is 9.07. The summed E-state index contributed by atoms with van der Waals surface area (Å²) in [5.41, 5.74) is 2.55. The molecule has 2 heterocycles. The van der Waals surface area contributed by atoms with Gasteiger partial charge in [0.2, 0.25) is 0 Å². The fraction of sp³-hybridized carbons (Fsp3) is 0.389. The summed E-state index contributed by atoms with van der Waals surface area (Å²) in [6.45, 7) is 2.94. The van der Waals surface area contributed by atoms with Crippen molar-refractivity contribution < 1.29 is 4.79 Å². The minimum Gasteiger partial charge on any atom is -0.368 e. The summed E-state index contributed by atoms with van der Waals surface area (Å²) in [5.74, 6) is 0.526. The maximum Gasteiger partial charge on any atom is 0.274 e. The molecule has 1 saturated heterocycles. The van der Waals surface area contributed by atoms with E-state index in [1.165, 1.54) is 12.8 Å². The Bertz CT molecular complexity index is 737. The largest absolute Gasteiger partial charge is 0.368 e. The topological polar surface area (TPSA) is 49.3 Å². The second-order valence-corrected chi connectivity index (χ2v) is 6.81. The number of halogens is 1. The average Bonchev–Trinajstić information content (AvgIpc) is 3.47. The lowest BCUT2D eigenvalue weighted by atomic mass is 10.2. The van der Waals surface area contributed by atoms with Crippen LogP contribution in [0, 0.1) is 0 Å². The van der Waals surface area contributed by atoms with Crippen LogP contribution >= 0.6 is 11.6 Å². The lowest BCUT2D eigenvalue weighted by Crippen LogP contribution is -2.49. The number of anilines is 1. The van der Waals surface area contributed by atoms with E-state index in [0.29, 0.717) is 24.7 Å². The van der Waals surface area contributed by atoms with Crippen LogP contribution in [0.25, 0.3) is 0 Å². The molecule has 0 unspecified atom stereocenters. The van der Waals surface area contributed by atoms with Crippen molar-refractivity contribution in [2.24, 2.45) is 0 Å². The van der Waals surface area contributed by atoms with Crippen LogP contribution in [-0.2, 0) is 0 Å². The van der Waals surface area contributed by atoms with Gasteiger partial charge in [0.25, 0.3) is 5.91 Å². The van der Waals surface area contributed by atoms with Crippen molar-refractivity contribution in [3.8, 4) is 0 Å². The van der Waals surface area contributed by atoms with Gasteiger partial charge < -0.3 is 9.80 Å². The number of rotatable bonds is 3. The van der Waals surface area contributed by atoms with Gasteiger partial charge >= 0.3 is 0 Å². The van der Waals surface area contributed by atoms with Crippen LogP contribution in [0.3, 0.4) is 0 Å². The zero-order chi connectivity index (χ0) is 16.5. The molecule has 5 nitrogen and oxygen atoms in total. The molecule has 1 aromatic carbocycles. The normalized spacial score (nSPS) is 17.9. The van der Waals surface area contributed by atoms with E-state index in [1.54, 1.807) is 0 Å². The minimum absolute atomic E-state index is 0.0319. The average molecular weight is 343 g/mol. The number of hydrogen-bond donors (Lipinski definition) is 0. The molecule has 0 N–H and O–H groups in total. The molecular formula is C18H19ClN4O. The van der Waals surface area contributed by atoms with Gasteiger partial charge in [-0.05, 0) is 43.2 Å². The van der Waals surface area contributed by atoms with Crippen LogP contribution in [0.15, 0.2) is 36.4 Å². The van der Waals surface area contributed by atoms with Gasteiger partial charge in [-0.3, -0.25) is 4.79 Å². The van der Waals surface area contributed by atoms with E-state index in [2.05, 4.69) is 15.1 Å². The van der Waals surface area contributed by atoms with E-state index >= 15 is 0 Å². The summed E-state index contributed by atoms with van der Waals surface area (Å²) in [6, 6.07) is 11.6. The summed E-state index contributed by atoms with van der Waals surface area (Å²) >= 11 is 6.06. The van der Waals surface area contributed by atoms with E-state index in [9.17, 15) is 4.79 Å². The number of aromatic nitrogens is 2. The zero-order valence-corrected chi connectivity index (χ0v) is 14.1. The predicted molar refractivity (Wildman–Crippen MR) is 93.6 cm³/mol. The third-order valence-corrected chi connectivity index (χ3v) is 4.88. The lowest BCUT2D eigenvalue weighted by Gasteiger charge is -2.36. The van der Waals surface area contributed by atoms with Crippen LogP contribution in [0.4, 0.5) is 5.69 Å². The number of nitrogens with zero attached hydrogens (tertiary/aromatic N) is 4. The Labute approximate surface area is 146 Å². The molecule has 1 aliphatic carbocycles. The van der Waals surface area contributed by atoms with Crippen molar-refractivity contribution in [2.75, 3.05) is 31.1 Å².